The van der Waals surface area contributed by atoms with Gasteiger partial charge >= 0.3 is 0 Å². The van der Waals surface area contributed by atoms with Crippen LogP contribution in [0.4, 0.5) is 4.39 Å². The molecule has 16 heavy (non-hydrogen) atoms. The molecule has 0 aliphatic rings. The van der Waals surface area contributed by atoms with Gasteiger partial charge in [-0.3, -0.25) is 4.79 Å². The summed E-state index contributed by atoms with van der Waals surface area (Å²) in [6, 6.07) is 4.87. The van der Waals surface area contributed by atoms with Gasteiger partial charge in [-0.2, -0.15) is 0 Å². The van der Waals surface area contributed by atoms with Gasteiger partial charge in [-0.1, -0.05) is 24.3 Å². The Bertz CT molecular complexity index is 402. The number of benzene rings is 1. The van der Waals surface area contributed by atoms with E-state index in [1.807, 2.05) is 0 Å². The summed E-state index contributed by atoms with van der Waals surface area (Å²) >= 11 is 0. The monoisotopic (exact) mass is 222 g/mol. The second kappa shape index (κ2) is 6.02. The zero-order valence-corrected chi connectivity index (χ0v) is 9.16. The minimum Gasteiger partial charge on any atom is -0.353 e. The van der Waals surface area contributed by atoms with Crippen molar-refractivity contribution in [3.63, 3.8) is 0 Å². The van der Waals surface area contributed by atoms with E-state index in [2.05, 4.69) is 5.32 Å². The highest BCUT2D eigenvalue weighted by molar-refractivity contribution is 5.73. The van der Waals surface area contributed by atoms with Gasteiger partial charge in [-0.25, -0.2) is 4.39 Å². The molecule has 0 radical (unpaired) electrons. The van der Waals surface area contributed by atoms with E-state index < -0.39 is 0 Å². The summed E-state index contributed by atoms with van der Waals surface area (Å²) in [5.41, 5.74) is 6.60. The van der Waals surface area contributed by atoms with Gasteiger partial charge in [0.1, 0.15) is 5.82 Å². The fourth-order valence-corrected chi connectivity index (χ4v) is 1.23. The zero-order chi connectivity index (χ0) is 12.0. The molecular formula is C12H15FN2O. The number of rotatable bonds is 4. The number of halogens is 1. The Kier molecular flexibility index (Phi) is 4.66. The first-order chi connectivity index (χ1) is 7.63. The third kappa shape index (κ3) is 3.82. The van der Waals surface area contributed by atoms with Crippen molar-refractivity contribution in [1.29, 1.82) is 0 Å². The van der Waals surface area contributed by atoms with E-state index in [0.29, 0.717) is 12.1 Å². The summed E-state index contributed by atoms with van der Waals surface area (Å²) in [4.78, 5) is 10.6. The average molecular weight is 222 g/mol. The summed E-state index contributed by atoms with van der Waals surface area (Å²) in [5.74, 6) is -0.390. The molecule has 0 aromatic heterocycles. The van der Waals surface area contributed by atoms with E-state index >= 15 is 0 Å². The first kappa shape index (κ1) is 12.4. The first-order valence-electron chi connectivity index (χ1n) is 5.03. The minimum atomic E-state index is -0.302. The summed E-state index contributed by atoms with van der Waals surface area (Å²) in [5, 5.41) is 2.61. The molecule has 3 N–H and O–H groups in total. The molecule has 0 heterocycles. The fourth-order valence-electron chi connectivity index (χ4n) is 1.23. The summed E-state index contributed by atoms with van der Waals surface area (Å²) in [6.45, 7) is 2.08. The number of carbonyl (C=O) groups excluding carboxylic acids is 1. The molecule has 0 bridgehead atoms. The van der Waals surface area contributed by atoms with Crippen molar-refractivity contribution < 1.29 is 9.18 Å². The molecule has 0 spiro atoms. The Morgan fingerprint density at radius 3 is 2.88 bits per heavy atom. The molecule has 0 aliphatic heterocycles. The normalized spacial score (nSPS) is 10.7. The molecule has 1 amide bonds. The highest BCUT2D eigenvalue weighted by Gasteiger charge is 1.99. The standard InChI is InChI=1S/C12H15FN2O/c1-9(16)15-6-2-3-10-4-5-11(8-14)12(13)7-10/h2-5,7H,6,8,14H2,1H3,(H,15,16). The van der Waals surface area contributed by atoms with Crippen molar-refractivity contribution in [2.45, 2.75) is 13.5 Å². The maximum absolute atomic E-state index is 13.3. The third-order valence-corrected chi connectivity index (χ3v) is 2.08. The predicted molar refractivity (Wildman–Crippen MR) is 62.0 cm³/mol. The third-order valence-electron chi connectivity index (χ3n) is 2.08. The van der Waals surface area contributed by atoms with Gasteiger partial charge in [0.25, 0.3) is 0 Å². The maximum Gasteiger partial charge on any atom is 0.217 e. The number of nitrogens with two attached hydrogens (primary N) is 1. The highest BCUT2D eigenvalue weighted by Crippen LogP contribution is 2.10. The van der Waals surface area contributed by atoms with Crippen LogP contribution in [0.2, 0.25) is 0 Å². The molecule has 0 saturated heterocycles. The smallest absolute Gasteiger partial charge is 0.217 e. The molecule has 86 valence electrons. The Morgan fingerprint density at radius 1 is 1.56 bits per heavy atom. The SMILES string of the molecule is CC(=O)NCC=Cc1ccc(CN)c(F)c1. The van der Waals surface area contributed by atoms with Gasteiger partial charge in [0.2, 0.25) is 5.91 Å². The van der Waals surface area contributed by atoms with Crippen LogP contribution in [0.5, 0.6) is 0 Å². The van der Waals surface area contributed by atoms with Crippen LogP contribution >= 0.6 is 0 Å². The van der Waals surface area contributed by atoms with Crippen LogP contribution in [0.15, 0.2) is 24.3 Å². The van der Waals surface area contributed by atoms with Crippen LogP contribution in [0.1, 0.15) is 18.1 Å². The Hall–Kier alpha value is -1.68. The van der Waals surface area contributed by atoms with Gasteiger partial charge in [0, 0.05) is 25.6 Å². The van der Waals surface area contributed by atoms with Crippen LogP contribution in [-0.4, -0.2) is 12.5 Å². The lowest BCUT2D eigenvalue weighted by Crippen LogP contribution is -2.19. The number of nitrogens with one attached hydrogen (secondary N) is 1. The van der Waals surface area contributed by atoms with Gasteiger partial charge in [-0.15, -0.1) is 0 Å². The lowest BCUT2D eigenvalue weighted by molar-refractivity contribution is -0.118. The van der Waals surface area contributed by atoms with Crippen LogP contribution in [0, 0.1) is 5.82 Å². The van der Waals surface area contributed by atoms with Crippen molar-refractivity contribution >= 4 is 12.0 Å². The largest absolute Gasteiger partial charge is 0.353 e. The van der Waals surface area contributed by atoms with E-state index in [-0.39, 0.29) is 18.3 Å². The number of hydrogen-bond donors (Lipinski definition) is 2. The van der Waals surface area contributed by atoms with E-state index in [4.69, 9.17) is 5.73 Å². The van der Waals surface area contributed by atoms with Crippen molar-refractivity contribution in [3.8, 4) is 0 Å². The van der Waals surface area contributed by atoms with E-state index in [0.717, 1.165) is 5.56 Å². The summed E-state index contributed by atoms with van der Waals surface area (Å²) in [6.07, 6.45) is 3.51. The first-order valence-corrected chi connectivity index (χ1v) is 5.03. The molecule has 1 aromatic rings. The fraction of sp³-hybridized carbons (Fsp3) is 0.250. The molecule has 0 saturated carbocycles. The Morgan fingerprint density at radius 2 is 2.31 bits per heavy atom. The zero-order valence-electron chi connectivity index (χ0n) is 9.16. The van der Waals surface area contributed by atoms with Crippen LogP contribution in [0.25, 0.3) is 6.08 Å². The van der Waals surface area contributed by atoms with E-state index in [9.17, 15) is 9.18 Å². The van der Waals surface area contributed by atoms with Crippen LogP contribution < -0.4 is 11.1 Å². The molecule has 1 rings (SSSR count). The number of amides is 1. The van der Waals surface area contributed by atoms with Crippen LogP contribution in [-0.2, 0) is 11.3 Å². The van der Waals surface area contributed by atoms with Crippen LogP contribution in [0.3, 0.4) is 0 Å². The lowest BCUT2D eigenvalue weighted by atomic mass is 10.1. The highest BCUT2D eigenvalue weighted by atomic mass is 19.1. The van der Waals surface area contributed by atoms with Gasteiger partial charge in [0.15, 0.2) is 0 Å². The second-order valence-electron chi connectivity index (χ2n) is 3.39. The second-order valence-corrected chi connectivity index (χ2v) is 3.39. The van der Waals surface area contributed by atoms with Crippen molar-refractivity contribution in [2.24, 2.45) is 5.73 Å². The van der Waals surface area contributed by atoms with Crippen molar-refractivity contribution in [1.82, 2.24) is 5.32 Å². The molecule has 4 heteroatoms. The molecule has 0 aliphatic carbocycles. The molecule has 3 nitrogen and oxygen atoms in total. The molecule has 0 unspecified atom stereocenters. The summed E-state index contributed by atoms with van der Waals surface area (Å²) < 4.78 is 13.3. The Balaban J connectivity index is 2.61. The van der Waals surface area contributed by atoms with Gasteiger partial charge in [0.05, 0.1) is 0 Å². The van der Waals surface area contributed by atoms with E-state index in [1.165, 1.54) is 13.0 Å². The predicted octanol–water partition coefficient (Wildman–Crippen LogP) is 1.43. The minimum absolute atomic E-state index is 0.0886. The number of carbonyl (C=O) groups is 1. The average Bonchev–Trinajstić information content (AvgIpc) is 2.24. The van der Waals surface area contributed by atoms with Gasteiger partial charge in [-0.05, 0) is 11.6 Å². The lowest BCUT2D eigenvalue weighted by Gasteiger charge is -2.00. The molecular weight excluding hydrogens is 207 g/mol. The number of hydrogen-bond acceptors (Lipinski definition) is 2. The van der Waals surface area contributed by atoms with Gasteiger partial charge < -0.3 is 11.1 Å². The van der Waals surface area contributed by atoms with Crippen molar-refractivity contribution in [3.05, 3.63) is 41.2 Å². The molecule has 1 aromatic carbocycles. The topological polar surface area (TPSA) is 55.1 Å². The molecule has 0 atom stereocenters. The Labute approximate surface area is 94.1 Å². The molecule has 0 fully saturated rings. The maximum atomic E-state index is 13.3. The summed E-state index contributed by atoms with van der Waals surface area (Å²) in [7, 11) is 0. The van der Waals surface area contributed by atoms with Crippen molar-refractivity contribution in [2.75, 3.05) is 6.54 Å². The van der Waals surface area contributed by atoms with E-state index in [1.54, 1.807) is 24.3 Å². The quantitative estimate of drug-likeness (QED) is 0.809.